The molecule has 1 aromatic heterocycles. The Labute approximate surface area is 165 Å². The second-order valence-electron chi connectivity index (χ2n) is 7.17. The molecule has 3 amide bonds. The summed E-state index contributed by atoms with van der Waals surface area (Å²) < 4.78 is 23.9. The van der Waals surface area contributed by atoms with E-state index in [-0.39, 0.29) is 23.4 Å². The van der Waals surface area contributed by atoms with Gasteiger partial charge in [0.05, 0.1) is 23.4 Å². The lowest BCUT2D eigenvalue weighted by Crippen LogP contribution is -2.58. The molecule has 1 aromatic rings. The van der Waals surface area contributed by atoms with Gasteiger partial charge < -0.3 is 21.1 Å². The van der Waals surface area contributed by atoms with E-state index in [1.54, 1.807) is 0 Å². The number of carboxylic acids is 1. The van der Waals surface area contributed by atoms with Gasteiger partial charge in [0.25, 0.3) is 11.8 Å². The first kappa shape index (κ1) is 20.5. The molecule has 3 heterocycles. The van der Waals surface area contributed by atoms with Gasteiger partial charge >= 0.3 is 5.97 Å². The van der Waals surface area contributed by atoms with Crippen molar-refractivity contribution in [2.24, 2.45) is 5.73 Å². The Morgan fingerprint density at radius 1 is 1.34 bits per heavy atom. The molecule has 154 valence electrons. The number of nitrogens with one attached hydrogen (secondary N) is 1. The lowest BCUT2D eigenvalue weighted by Gasteiger charge is -2.37. The fourth-order valence-corrected chi connectivity index (χ4v) is 5.52. The fraction of sp³-hybridized carbons (Fsp3) is 0.353. The number of hydrogen-bond donors (Lipinski definition) is 3. The number of aromatic nitrogens is 1. The van der Waals surface area contributed by atoms with E-state index < -0.39 is 49.7 Å². The number of rotatable bonds is 5. The fourth-order valence-electron chi connectivity index (χ4n) is 3.40. The minimum atomic E-state index is -3.98. The predicted molar refractivity (Wildman–Crippen MR) is 98.8 cm³/mol. The van der Waals surface area contributed by atoms with E-state index in [2.05, 4.69) is 10.3 Å². The van der Waals surface area contributed by atoms with Crippen LogP contribution in [-0.2, 0) is 24.2 Å². The summed E-state index contributed by atoms with van der Waals surface area (Å²) in [7, 11) is -3.98. The van der Waals surface area contributed by atoms with Crippen LogP contribution in [0.3, 0.4) is 0 Å². The summed E-state index contributed by atoms with van der Waals surface area (Å²) in [6.45, 7) is 2.22. The molecule has 0 bridgehead atoms. The van der Waals surface area contributed by atoms with E-state index >= 15 is 0 Å². The van der Waals surface area contributed by atoms with E-state index in [0.29, 0.717) is 0 Å². The molecule has 2 fully saturated rings. The van der Waals surface area contributed by atoms with Crippen molar-refractivity contribution in [1.82, 2.24) is 15.2 Å². The van der Waals surface area contributed by atoms with Gasteiger partial charge in [0.1, 0.15) is 4.75 Å². The highest BCUT2D eigenvalue weighted by Crippen LogP contribution is 2.48. The van der Waals surface area contributed by atoms with Crippen molar-refractivity contribution < 1.29 is 32.7 Å². The Balaban J connectivity index is 1.87. The van der Waals surface area contributed by atoms with Crippen LogP contribution < -0.4 is 11.1 Å². The smallest absolute Gasteiger partial charge is 0.328 e. The lowest BCUT2D eigenvalue weighted by molar-refractivity contribution is -0.152. The average Bonchev–Trinajstić information content (AvgIpc) is 2.78. The van der Waals surface area contributed by atoms with Crippen LogP contribution >= 0.6 is 0 Å². The van der Waals surface area contributed by atoms with Crippen molar-refractivity contribution >= 4 is 39.6 Å². The summed E-state index contributed by atoms with van der Waals surface area (Å²) in [6, 6.07) is 1.29. The molecule has 0 saturated carbocycles. The summed E-state index contributed by atoms with van der Waals surface area (Å²) in [5, 5.41) is 10.3. The average molecular weight is 422 g/mol. The summed E-state index contributed by atoms with van der Waals surface area (Å²) in [5.74, 6) is -3.37. The van der Waals surface area contributed by atoms with Crippen LogP contribution in [-0.4, -0.2) is 69.8 Å². The molecule has 12 heteroatoms. The van der Waals surface area contributed by atoms with Crippen LogP contribution in [0.4, 0.5) is 0 Å². The molecule has 2 unspecified atom stereocenters. The molecule has 4 N–H and O–H groups in total. The molecule has 0 aliphatic carbocycles. The van der Waals surface area contributed by atoms with Gasteiger partial charge in [-0.25, -0.2) is 13.2 Å². The third-order valence-corrected chi connectivity index (χ3v) is 7.73. The topological polar surface area (TPSA) is 177 Å². The Hall–Kier alpha value is -3.28. The van der Waals surface area contributed by atoms with Crippen LogP contribution in [0.5, 0.6) is 0 Å². The number of carbonyl (C=O) groups excluding carboxylic acids is 3. The quantitative estimate of drug-likeness (QED) is 0.379. The van der Waals surface area contributed by atoms with Crippen molar-refractivity contribution in [3.8, 4) is 0 Å². The molecule has 3 rings (SSSR count). The standard InChI is InChI=1S/C17H18N4O7S/c1-17(2)12(16(25)26)21-14(24)10(15(21)29(17,27)28)5-9-4-3-8(6-19-9)13(23)20-7-11(18)22/h3-6,12,15H,7H2,1-2H3,(H2,18,22)(H,20,23)(H,25,26)/b10-5-. The Bertz CT molecular complexity index is 1060. The lowest BCUT2D eigenvalue weighted by atomic mass is 9.95. The number of carbonyl (C=O) groups is 4. The van der Waals surface area contributed by atoms with Crippen molar-refractivity contribution in [1.29, 1.82) is 0 Å². The van der Waals surface area contributed by atoms with Gasteiger partial charge in [-0.3, -0.25) is 19.4 Å². The number of carboxylic acid groups (broad SMARTS) is 1. The monoisotopic (exact) mass is 422 g/mol. The zero-order chi connectivity index (χ0) is 21.7. The van der Waals surface area contributed by atoms with Gasteiger partial charge in [-0.05, 0) is 32.1 Å². The number of primary amides is 1. The second-order valence-corrected chi connectivity index (χ2v) is 9.76. The molecule has 2 aliphatic heterocycles. The highest BCUT2D eigenvalue weighted by atomic mass is 32.2. The van der Waals surface area contributed by atoms with Crippen LogP contribution in [0.15, 0.2) is 23.9 Å². The van der Waals surface area contributed by atoms with Crippen LogP contribution in [0.25, 0.3) is 6.08 Å². The molecule has 0 radical (unpaired) electrons. The number of fused-ring (bicyclic) bond motifs is 1. The van der Waals surface area contributed by atoms with Crippen molar-refractivity contribution in [2.75, 3.05) is 6.54 Å². The number of sulfone groups is 1. The number of β-lactam (4-membered cyclic amide) rings is 1. The van der Waals surface area contributed by atoms with Gasteiger partial charge in [-0.1, -0.05) is 0 Å². The van der Waals surface area contributed by atoms with E-state index in [4.69, 9.17) is 5.73 Å². The van der Waals surface area contributed by atoms with Crippen LogP contribution in [0.1, 0.15) is 29.9 Å². The minimum absolute atomic E-state index is 0.0831. The zero-order valence-electron chi connectivity index (χ0n) is 15.4. The molecule has 0 spiro atoms. The molecule has 2 atom stereocenters. The second kappa shape index (κ2) is 6.65. The largest absolute Gasteiger partial charge is 0.480 e. The Morgan fingerprint density at radius 2 is 2.00 bits per heavy atom. The summed E-state index contributed by atoms with van der Waals surface area (Å²) in [5.41, 5.74) is 5.21. The summed E-state index contributed by atoms with van der Waals surface area (Å²) in [6.07, 6.45) is 2.45. The number of amides is 3. The highest BCUT2D eigenvalue weighted by molar-refractivity contribution is 7.94. The third-order valence-electron chi connectivity index (χ3n) is 4.97. The Kier molecular flexibility index (Phi) is 4.69. The van der Waals surface area contributed by atoms with E-state index in [1.165, 1.54) is 38.3 Å². The van der Waals surface area contributed by atoms with E-state index in [0.717, 1.165) is 4.90 Å². The minimum Gasteiger partial charge on any atom is -0.480 e. The number of nitrogens with two attached hydrogens (primary N) is 1. The molecule has 2 aliphatic rings. The van der Waals surface area contributed by atoms with Crippen molar-refractivity contribution in [2.45, 2.75) is 30.0 Å². The maximum atomic E-state index is 12.8. The SMILES string of the molecule is CC1(C)C(C(=O)O)N2C(=O)/C(=C/c3ccc(C(=O)NCC(N)=O)cn3)C2S1(=O)=O. The maximum Gasteiger partial charge on any atom is 0.328 e. The first-order chi connectivity index (χ1) is 13.4. The van der Waals surface area contributed by atoms with Crippen molar-refractivity contribution in [3.05, 3.63) is 35.2 Å². The van der Waals surface area contributed by atoms with Crippen LogP contribution in [0.2, 0.25) is 0 Å². The number of hydrogen-bond acceptors (Lipinski definition) is 7. The molecule has 0 aromatic carbocycles. The Morgan fingerprint density at radius 3 is 2.52 bits per heavy atom. The summed E-state index contributed by atoms with van der Waals surface area (Å²) in [4.78, 5) is 51.4. The molecule has 29 heavy (non-hydrogen) atoms. The number of aliphatic carboxylic acids is 1. The molecule has 11 nitrogen and oxygen atoms in total. The predicted octanol–water partition coefficient (Wildman–Crippen LogP) is -1.49. The van der Waals surface area contributed by atoms with Gasteiger partial charge in [0, 0.05) is 6.20 Å². The normalized spacial score (nSPS) is 25.2. The molecular weight excluding hydrogens is 404 g/mol. The first-order valence-corrected chi connectivity index (χ1v) is 9.97. The highest BCUT2D eigenvalue weighted by Gasteiger charge is 2.70. The molecular formula is C17H18N4O7S. The van der Waals surface area contributed by atoms with Gasteiger partial charge in [-0.2, -0.15) is 0 Å². The van der Waals surface area contributed by atoms with E-state index in [1.807, 2.05) is 0 Å². The number of nitrogens with zero attached hydrogens (tertiary/aromatic N) is 2. The summed E-state index contributed by atoms with van der Waals surface area (Å²) >= 11 is 0. The van der Waals surface area contributed by atoms with Gasteiger partial charge in [-0.15, -0.1) is 0 Å². The third kappa shape index (κ3) is 3.05. The zero-order valence-corrected chi connectivity index (χ0v) is 16.3. The van der Waals surface area contributed by atoms with Crippen molar-refractivity contribution in [3.63, 3.8) is 0 Å². The van der Waals surface area contributed by atoms with E-state index in [9.17, 15) is 32.7 Å². The molecule has 2 saturated heterocycles. The van der Waals surface area contributed by atoms with Gasteiger partial charge in [0.15, 0.2) is 21.3 Å². The van der Waals surface area contributed by atoms with Gasteiger partial charge in [0.2, 0.25) is 5.91 Å². The van der Waals surface area contributed by atoms with Crippen LogP contribution in [0, 0.1) is 0 Å². The maximum absolute atomic E-state index is 12.8. The first-order valence-electron chi connectivity index (χ1n) is 8.42. The number of pyridine rings is 1.